The number of halogens is 2. The van der Waals surface area contributed by atoms with Crippen LogP contribution in [0.1, 0.15) is 31.9 Å². The first-order valence-electron chi connectivity index (χ1n) is 9.93. The molecule has 1 atom stereocenters. The standard InChI is InChI=1S/C22H25Cl2N3O4S/c1-14(2)25-22(29)15(3)26(11-17-6-9-19(23)20(24)10-17)21(28)13-32-12-16-4-7-18(8-5-16)27(30)31/h4-10,14-15H,11-13H2,1-3H3,(H,25,29)/t15-/m0/s1. The summed E-state index contributed by atoms with van der Waals surface area (Å²) < 4.78 is 0. The maximum Gasteiger partial charge on any atom is 0.269 e. The van der Waals surface area contributed by atoms with Crippen molar-refractivity contribution in [3.8, 4) is 0 Å². The van der Waals surface area contributed by atoms with Crippen LogP contribution in [0.15, 0.2) is 42.5 Å². The van der Waals surface area contributed by atoms with Gasteiger partial charge in [-0.2, -0.15) is 0 Å². The first-order chi connectivity index (χ1) is 15.1. The van der Waals surface area contributed by atoms with E-state index in [0.29, 0.717) is 15.8 Å². The molecule has 0 saturated carbocycles. The predicted octanol–water partition coefficient (Wildman–Crippen LogP) is 5.08. The molecule has 0 aromatic heterocycles. The zero-order chi connectivity index (χ0) is 23.8. The van der Waals surface area contributed by atoms with Crippen molar-refractivity contribution < 1.29 is 14.5 Å². The summed E-state index contributed by atoms with van der Waals surface area (Å²) in [7, 11) is 0. The summed E-state index contributed by atoms with van der Waals surface area (Å²) in [6, 6.07) is 10.6. The summed E-state index contributed by atoms with van der Waals surface area (Å²) in [5.74, 6) is 0.220. The number of hydrogen-bond donors (Lipinski definition) is 1. The van der Waals surface area contributed by atoms with E-state index in [-0.39, 0.29) is 35.8 Å². The van der Waals surface area contributed by atoms with Gasteiger partial charge in [0, 0.05) is 30.5 Å². The number of nitro benzene ring substituents is 1. The van der Waals surface area contributed by atoms with Crippen LogP contribution in [-0.2, 0) is 21.9 Å². The highest BCUT2D eigenvalue weighted by molar-refractivity contribution is 7.99. The van der Waals surface area contributed by atoms with Gasteiger partial charge in [0.2, 0.25) is 11.8 Å². The van der Waals surface area contributed by atoms with E-state index in [4.69, 9.17) is 23.2 Å². The number of carbonyl (C=O) groups is 2. The third-order valence-electron chi connectivity index (χ3n) is 4.58. The second-order valence-electron chi connectivity index (χ2n) is 7.53. The number of rotatable bonds is 10. The summed E-state index contributed by atoms with van der Waals surface area (Å²) in [6.07, 6.45) is 0. The fourth-order valence-electron chi connectivity index (χ4n) is 2.88. The fraction of sp³-hybridized carbons (Fsp3) is 0.364. The summed E-state index contributed by atoms with van der Waals surface area (Å²) in [5.41, 5.74) is 1.65. The lowest BCUT2D eigenvalue weighted by Gasteiger charge is -2.29. The lowest BCUT2D eigenvalue weighted by atomic mass is 10.1. The highest BCUT2D eigenvalue weighted by atomic mass is 35.5. The number of amides is 2. The molecular weight excluding hydrogens is 473 g/mol. The molecule has 172 valence electrons. The van der Waals surface area contributed by atoms with E-state index in [9.17, 15) is 19.7 Å². The Kier molecular flexibility index (Phi) is 9.81. The molecule has 0 bridgehead atoms. The van der Waals surface area contributed by atoms with Gasteiger partial charge in [0.1, 0.15) is 6.04 Å². The van der Waals surface area contributed by atoms with Crippen LogP contribution >= 0.6 is 35.0 Å². The lowest BCUT2D eigenvalue weighted by Crippen LogP contribution is -2.49. The summed E-state index contributed by atoms with van der Waals surface area (Å²) in [5, 5.41) is 14.4. The van der Waals surface area contributed by atoms with Crippen molar-refractivity contribution in [1.29, 1.82) is 0 Å². The topological polar surface area (TPSA) is 92.6 Å². The number of nitrogens with zero attached hydrogens (tertiary/aromatic N) is 2. The molecule has 0 heterocycles. The molecule has 7 nitrogen and oxygen atoms in total. The SMILES string of the molecule is CC(C)NC(=O)[C@H](C)N(Cc1ccc(Cl)c(Cl)c1)C(=O)CSCc1ccc([N+](=O)[O-])cc1. The van der Waals surface area contributed by atoms with E-state index in [0.717, 1.165) is 11.1 Å². The molecule has 0 fully saturated rings. The van der Waals surface area contributed by atoms with Crippen LogP contribution in [-0.4, -0.2) is 39.5 Å². The molecule has 1 N–H and O–H groups in total. The van der Waals surface area contributed by atoms with Crippen LogP contribution in [0.4, 0.5) is 5.69 Å². The molecule has 2 aromatic carbocycles. The molecule has 0 unspecified atom stereocenters. The van der Waals surface area contributed by atoms with E-state index >= 15 is 0 Å². The largest absolute Gasteiger partial charge is 0.352 e. The number of thioether (sulfide) groups is 1. The Morgan fingerprint density at radius 3 is 2.25 bits per heavy atom. The van der Waals surface area contributed by atoms with Crippen molar-refractivity contribution in [2.45, 2.75) is 45.2 Å². The molecule has 2 aromatic rings. The number of hydrogen-bond acceptors (Lipinski definition) is 5. The molecule has 2 amide bonds. The Morgan fingerprint density at radius 1 is 1.06 bits per heavy atom. The van der Waals surface area contributed by atoms with Crippen LogP contribution in [0.3, 0.4) is 0 Å². The number of non-ortho nitro benzene ring substituents is 1. The molecule has 0 saturated heterocycles. The Balaban J connectivity index is 2.08. The van der Waals surface area contributed by atoms with Crippen molar-refractivity contribution in [2.24, 2.45) is 0 Å². The second-order valence-corrected chi connectivity index (χ2v) is 9.33. The Bertz CT molecular complexity index is 970. The third-order valence-corrected chi connectivity index (χ3v) is 6.30. The van der Waals surface area contributed by atoms with E-state index in [1.165, 1.54) is 28.8 Å². The van der Waals surface area contributed by atoms with Crippen molar-refractivity contribution in [3.63, 3.8) is 0 Å². The van der Waals surface area contributed by atoms with Crippen LogP contribution in [0.2, 0.25) is 10.0 Å². The van der Waals surface area contributed by atoms with Gasteiger partial charge >= 0.3 is 0 Å². The van der Waals surface area contributed by atoms with Crippen LogP contribution < -0.4 is 5.32 Å². The minimum Gasteiger partial charge on any atom is -0.352 e. The number of nitro groups is 1. The molecule has 0 aliphatic carbocycles. The van der Waals surface area contributed by atoms with Gasteiger partial charge in [0.05, 0.1) is 20.7 Å². The van der Waals surface area contributed by atoms with Crippen molar-refractivity contribution in [2.75, 3.05) is 5.75 Å². The molecule has 0 aliphatic rings. The average Bonchev–Trinajstić information content (AvgIpc) is 2.73. The van der Waals surface area contributed by atoms with Crippen molar-refractivity contribution in [1.82, 2.24) is 10.2 Å². The quantitative estimate of drug-likeness (QED) is 0.365. The van der Waals surface area contributed by atoms with E-state index in [2.05, 4.69) is 5.32 Å². The van der Waals surface area contributed by atoms with E-state index in [1.54, 1.807) is 37.3 Å². The maximum atomic E-state index is 13.0. The van der Waals surface area contributed by atoms with E-state index in [1.807, 2.05) is 13.8 Å². The van der Waals surface area contributed by atoms with Crippen molar-refractivity contribution in [3.05, 3.63) is 73.8 Å². The second kappa shape index (κ2) is 12.1. The molecule has 0 spiro atoms. The first-order valence-corrected chi connectivity index (χ1v) is 11.8. The Hall–Kier alpha value is -2.29. The summed E-state index contributed by atoms with van der Waals surface area (Å²) in [6.45, 7) is 5.61. The zero-order valence-electron chi connectivity index (χ0n) is 18.0. The monoisotopic (exact) mass is 497 g/mol. The molecule has 10 heteroatoms. The van der Waals surface area contributed by atoms with Gasteiger partial charge in [-0.15, -0.1) is 11.8 Å². The van der Waals surface area contributed by atoms with Gasteiger partial charge in [-0.1, -0.05) is 41.4 Å². The first kappa shape index (κ1) is 26.0. The molecule has 0 aliphatic heterocycles. The van der Waals surface area contributed by atoms with Gasteiger partial charge in [0.25, 0.3) is 5.69 Å². The van der Waals surface area contributed by atoms with E-state index < -0.39 is 11.0 Å². The van der Waals surface area contributed by atoms with Crippen LogP contribution in [0.5, 0.6) is 0 Å². The number of nitrogens with one attached hydrogen (secondary N) is 1. The number of benzene rings is 2. The minimum absolute atomic E-state index is 0.0209. The third kappa shape index (κ3) is 7.69. The fourth-order valence-corrected chi connectivity index (χ4v) is 4.07. The maximum absolute atomic E-state index is 13.0. The minimum atomic E-state index is -0.681. The van der Waals surface area contributed by atoms with Gasteiger partial charge in [-0.25, -0.2) is 0 Å². The average molecular weight is 498 g/mol. The lowest BCUT2D eigenvalue weighted by molar-refractivity contribution is -0.384. The van der Waals surface area contributed by atoms with Crippen molar-refractivity contribution >= 4 is 52.5 Å². The van der Waals surface area contributed by atoms with Crippen LogP contribution in [0.25, 0.3) is 0 Å². The molecule has 32 heavy (non-hydrogen) atoms. The summed E-state index contributed by atoms with van der Waals surface area (Å²) >= 11 is 13.5. The smallest absolute Gasteiger partial charge is 0.269 e. The zero-order valence-corrected chi connectivity index (χ0v) is 20.3. The van der Waals surface area contributed by atoms with Gasteiger partial charge in [0.15, 0.2) is 0 Å². The van der Waals surface area contributed by atoms with Crippen LogP contribution in [0, 0.1) is 10.1 Å². The highest BCUT2D eigenvalue weighted by Gasteiger charge is 2.26. The normalized spacial score (nSPS) is 11.8. The predicted molar refractivity (Wildman–Crippen MR) is 129 cm³/mol. The number of carbonyl (C=O) groups excluding carboxylic acids is 2. The highest BCUT2D eigenvalue weighted by Crippen LogP contribution is 2.24. The summed E-state index contributed by atoms with van der Waals surface area (Å²) in [4.78, 5) is 37.4. The molecular formula is C22H25Cl2N3O4S. The molecule has 0 radical (unpaired) electrons. The van der Waals surface area contributed by atoms with Gasteiger partial charge in [-0.05, 0) is 44.0 Å². The molecule has 2 rings (SSSR count). The van der Waals surface area contributed by atoms with Gasteiger partial charge in [-0.3, -0.25) is 19.7 Å². The van der Waals surface area contributed by atoms with Gasteiger partial charge < -0.3 is 10.2 Å². The Labute approximate surface area is 201 Å². The Morgan fingerprint density at radius 2 is 1.69 bits per heavy atom.